The van der Waals surface area contributed by atoms with Crippen LogP contribution in [0.2, 0.25) is 10.0 Å². The predicted molar refractivity (Wildman–Crippen MR) is 104 cm³/mol. The summed E-state index contributed by atoms with van der Waals surface area (Å²) in [6, 6.07) is 13.3. The summed E-state index contributed by atoms with van der Waals surface area (Å²) < 4.78 is 0. The van der Waals surface area contributed by atoms with Gasteiger partial charge < -0.3 is 5.32 Å². The Hall–Kier alpha value is -2.37. The molecule has 3 rings (SSSR count). The molecule has 1 heterocycles. The summed E-state index contributed by atoms with van der Waals surface area (Å²) in [5, 5.41) is 9.60. The average molecular weight is 390 g/mol. The first kappa shape index (κ1) is 18.4. The first-order valence-electron chi connectivity index (χ1n) is 8.16. The summed E-state index contributed by atoms with van der Waals surface area (Å²) in [5.74, 6) is -0.508. The number of rotatable bonds is 4. The highest BCUT2D eigenvalue weighted by Crippen LogP contribution is 2.21. The normalized spacial score (nSPS) is 15.4. The van der Waals surface area contributed by atoms with E-state index in [0.717, 1.165) is 11.3 Å². The fourth-order valence-electron chi connectivity index (χ4n) is 2.64. The van der Waals surface area contributed by atoms with Gasteiger partial charge in [-0.15, -0.1) is 0 Å². The molecule has 26 heavy (non-hydrogen) atoms. The van der Waals surface area contributed by atoms with E-state index in [4.69, 9.17) is 23.2 Å². The molecule has 0 saturated carbocycles. The SMILES string of the molecule is CC(C(=O)Nc1ccc(Cl)cc1)N1N=C(c2cccc(Cl)c2)CCC1=O. The lowest BCUT2D eigenvalue weighted by Gasteiger charge is -2.28. The van der Waals surface area contributed by atoms with Gasteiger partial charge in [0.2, 0.25) is 11.8 Å². The summed E-state index contributed by atoms with van der Waals surface area (Å²) in [6.45, 7) is 1.65. The second-order valence-corrected chi connectivity index (χ2v) is 6.84. The number of hydrazone groups is 1. The van der Waals surface area contributed by atoms with Crippen LogP contribution in [-0.4, -0.2) is 28.6 Å². The van der Waals surface area contributed by atoms with Crippen molar-refractivity contribution in [3.8, 4) is 0 Å². The van der Waals surface area contributed by atoms with E-state index in [1.54, 1.807) is 43.3 Å². The van der Waals surface area contributed by atoms with Gasteiger partial charge >= 0.3 is 0 Å². The maximum atomic E-state index is 12.5. The molecule has 0 aromatic heterocycles. The third-order valence-electron chi connectivity index (χ3n) is 4.08. The number of carbonyl (C=O) groups excluding carboxylic acids is 2. The van der Waals surface area contributed by atoms with E-state index in [1.165, 1.54) is 5.01 Å². The van der Waals surface area contributed by atoms with E-state index in [2.05, 4.69) is 10.4 Å². The summed E-state index contributed by atoms with van der Waals surface area (Å²) in [7, 11) is 0. The van der Waals surface area contributed by atoms with Crippen molar-refractivity contribution in [3.05, 3.63) is 64.1 Å². The molecular formula is C19H17Cl2N3O2. The Bertz CT molecular complexity index is 865. The number of anilines is 1. The van der Waals surface area contributed by atoms with Gasteiger partial charge in [0.25, 0.3) is 0 Å². The van der Waals surface area contributed by atoms with Crippen LogP contribution in [0, 0.1) is 0 Å². The Labute approximate surface area is 161 Å². The van der Waals surface area contributed by atoms with Gasteiger partial charge in [-0.2, -0.15) is 5.10 Å². The maximum Gasteiger partial charge on any atom is 0.249 e. The van der Waals surface area contributed by atoms with Crippen molar-refractivity contribution in [1.82, 2.24) is 5.01 Å². The molecule has 5 nitrogen and oxygen atoms in total. The molecule has 0 bridgehead atoms. The van der Waals surface area contributed by atoms with E-state index in [1.807, 2.05) is 12.1 Å². The lowest BCUT2D eigenvalue weighted by Crippen LogP contribution is -2.44. The fraction of sp³-hybridized carbons (Fsp3) is 0.211. The number of carbonyl (C=O) groups is 2. The monoisotopic (exact) mass is 389 g/mol. The molecule has 2 aromatic carbocycles. The van der Waals surface area contributed by atoms with Crippen LogP contribution in [0.3, 0.4) is 0 Å². The number of amides is 2. The zero-order valence-corrected chi connectivity index (χ0v) is 15.6. The largest absolute Gasteiger partial charge is 0.324 e. The van der Waals surface area contributed by atoms with E-state index >= 15 is 0 Å². The van der Waals surface area contributed by atoms with Crippen molar-refractivity contribution in [2.75, 3.05) is 5.32 Å². The standard InChI is InChI=1S/C19H17Cl2N3O2/c1-12(19(26)22-16-7-5-14(20)6-8-16)24-18(25)10-9-17(23-24)13-3-2-4-15(21)11-13/h2-8,11-12H,9-10H2,1H3,(H,22,26). The van der Waals surface area contributed by atoms with E-state index in [0.29, 0.717) is 28.6 Å². The molecule has 0 aliphatic carbocycles. The lowest BCUT2D eigenvalue weighted by molar-refractivity contribution is -0.138. The van der Waals surface area contributed by atoms with Gasteiger partial charge in [-0.1, -0.05) is 35.3 Å². The van der Waals surface area contributed by atoms with Crippen molar-refractivity contribution in [1.29, 1.82) is 0 Å². The topological polar surface area (TPSA) is 61.8 Å². The first-order valence-corrected chi connectivity index (χ1v) is 8.91. The molecule has 0 fully saturated rings. The van der Waals surface area contributed by atoms with Gasteiger partial charge in [0.05, 0.1) is 5.71 Å². The third-order valence-corrected chi connectivity index (χ3v) is 4.56. The average Bonchev–Trinajstić information content (AvgIpc) is 2.63. The molecule has 0 radical (unpaired) electrons. The van der Waals surface area contributed by atoms with E-state index in [9.17, 15) is 9.59 Å². The van der Waals surface area contributed by atoms with Gasteiger partial charge in [0.1, 0.15) is 6.04 Å². The van der Waals surface area contributed by atoms with Crippen LogP contribution >= 0.6 is 23.2 Å². The minimum atomic E-state index is -0.743. The second kappa shape index (κ2) is 7.89. The fourth-order valence-corrected chi connectivity index (χ4v) is 2.96. The Morgan fingerprint density at radius 3 is 2.54 bits per heavy atom. The highest BCUT2D eigenvalue weighted by Gasteiger charge is 2.29. The second-order valence-electron chi connectivity index (χ2n) is 5.97. The van der Waals surface area contributed by atoms with Crippen molar-refractivity contribution < 1.29 is 9.59 Å². The molecule has 7 heteroatoms. The molecule has 2 aromatic rings. The first-order chi connectivity index (χ1) is 12.4. The maximum absolute atomic E-state index is 12.5. The van der Waals surface area contributed by atoms with Crippen LogP contribution in [0.1, 0.15) is 25.3 Å². The van der Waals surface area contributed by atoms with Crippen molar-refractivity contribution in [2.24, 2.45) is 5.10 Å². The Morgan fingerprint density at radius 1 is 1.12 bits per heavy atom. The molecule has 1 aliphatic rings. The third kappa shape index (κ3) is 4.23. The number of nitrogens with one attached hydrogen (secondary N) is 1. The molecule has 1 N–H and O–H groups in total. The van der Waals surface area contributed by atoms with E-state index in [-0.39, 0.29) is 11.8 Å². The molecular weight excluding hydrogens is 373 g/mol. The zero-order chi connectivity index (χ0) is 18.7. The number of benzene rings is 2. The van der Waals surface area contributed by atoms with Gasteiger partial charge in [0, 0.05) is 28.6 Å². The molecule has 0 saturated heterocycles. The lowest BCUT2D eigenvalue weighted by atomic mass is 10.0. The molecule has 0 spiro atoms. The zero-order valence-electron chi connectivity index (χ0n) is 14.1. The Kier molecular flexibility index (Phi) is 5.59. The summed E-state index contributed by atoms with van der Waals surface area (Å²) in [4.78, 5) is 24.8. The number of halogens is 2. The van der Waals surface area contributed by atoms with Crippen LogP contribution in [0.4, 0.5) is 5.69 Å². The van der Waals surface area contributed by atoms with Gasteiger partial charge in [0.15, 0.2) is 0 Å². The van der Waals surface area contributed by atoms with E-state index < -0.39 is 6.04 Å². The van der Waals surface area contributed by atoms with Crippen molar-refractivity contribution in [2.45, 2.75) is 25.8 Å². The Morgan fingerprint density at radius 2 is 1.85 bits per heavy atom. The summed E-state index contributed by atoms with van der Waals surface area (Å²) in [6.07, 6.45) is 0.811. The van der Waals surface area contributed by atoms with Crippen LogP contribution in [0.25, 0.3) is 0 Å². The summed E-state index contributed by atoms with van der Waals surface area (Å²) >= 11 is 11.9. The van der Waals surface area contributed by atoms with Crippen LogP contribution in [0.15, 0.2) is 53.6 Å². The molecule has 1 aliphatic heterocycles. The molecule has 1 atom stereocenters. The smallest absolute Gasteiger partial charge is 0.249 e. The predicted octanol–water partition coefficient (Wildman–Crippen LogP) is 4.35. The van der Waals surface area contributed by atoms with Crippen LogP contribution < -0.4 is 5.32 Å². The van der Waals surface area contributed by atoms with Crippen LogP contribution in [-0.2, 0) is 9.59 Å². The minimum Gasteiger partial charge on any atom is -0.324 e. The van der Waals surface area contributed by atoms with Crippen molar-refractivity contribution >= 4 is 46.4 Å². The highest BCUT2D eigenvalue weighted by molar-refractivity contribution is 6.31. The highest BCUT2D eigenvalue weighted by atomic mass is 35.5. The Balaban J connectivity index is 1.78. The number of hydrogen-bond acceptors (Lipinski definition) is 3. The molecule has 2 amide bonds. The van der Waals surface area contributed by atoms with Gasteiger partial charge in [-0.3, -0.25) is 9.59 Å². The van der Waals surface area contributed by atoms with Crippen molar-refractivity contribution in [3.63, 3.8) is 0 Å². The summed E-state index contributed by atoms with van der Waals surface area (Å²) in [5.41, 5.74) is 2.19. The minimum absolute atomic E-state index is 0.186. The quantitative estimate of drug-likeness (QED) is 0.844. The number of hydrogen-bond donors (Lipinski definition) is 1. The molecule has 1 unspecified atom stereocenters. The van der Waals surface area contributed by atoms with Gasteiger partial charge in [-0.05, 0) is 48.9 Å². The van der Waals surface area contributed by atoms with Crippen LogP contribution in [0.5, 0.6) is 0 Å². The van der Waals surface area contributed by atoms with Gasteiger partial charge in [-0.25, -0.2) is 5.01 Å². The molecule has 134 valence electrons. The number of nitrogens with zero attached hydrogens (tertiary/aromatic N) is 2.